The second-order valence-corrected chi connectivity index (χ2v) is 31.4. The highest BCUT2D eigenvalue weighted by molar-refractivity contribution is 6.14. The quantitative estimate of drug-likeness (QED) is 0.140. The number of benzene rings is 7. The molecule has 0 radical (unpaired) electrons. The van der Waals surface area contributed by atoms with Crippen molar-refractivity contribution in [1.29, 1.82) is 0 Å². The third kappa shape index (κ3) is 13.0. The van der Waals surface area contributed by atoms with E-state index < -0.39 is 39.0 Å². The van der Waals surface area contributed by atoms with E-state index in [0.29, 0.717) is 39.8 Å². The normalized spacial score (nSPS) is 19.5. The molecule has 6 unspecified atom stereocenters. The Bertz CT molecular complexity index is 7490. The molecule has 0 N–H and O–H groups in total. The summed E-state index contributed by atoms with van der Waals surface area (Å²) in [5.74, 6) is 1.65. The van der Waals surface area contributed by atoms with Gasteiger partial charge in [0.1, 0.15) is 30.8 Å². The van der Waals surface area contributed by atoms with Crippen LogP contribution in [-0.4, -0.2) is 106 Å². The molecule has 0 saturated carbocycles. The lowest BCUT2D eigenvalue weighted by molar-refractivity contribution is 0.263. The van der Waals surface area contributed by atoms with Gasteiger partial charge in [0.2, 0.25) is 28.6 Å². The molecule has 0 spiro atoms. The average molecular weight is 1630 g/mol. The smallest absolute Gasteiger partial charge is 0.227 e. The number of pyridine rings is 5. The maximum atomic E-state index is 8.41. The molecule has 5 aliphatic heterocycles. The van der Waals surface area contributed by atoms with Crippen LogP contribution in [0.5, 0.6) is 0 Å². The second kappa shape index (κ2) is 31.1. The number of aromatic nitrogens is 7. The predicted octanol–water partition coefficient (Wildman–Crippen LogP) is 24.1. The first kappa shape index (κ1) is 65.5. The fraction of sp³-hybridized carbons (Fsp3) is 0.230. The molecule has 22 nitrogen and oxygen atoms in total. The lowest BCUT2D eigenvalue weighted by Gasteiger charge is -2.33. The van der Waals surface area contributed by atoms with Crippen LogP contribution in [-0.2, 0) is 0 Å². The van der Waals surface area contributed by atoms with Gasteiger partial charge in [-0.3, -0.25) is 4.90 Å². The summed E-state index contributed by atoms with van der Waals surface area (Å²) in [6.45, 7) is 18.5. The highest BCUT2D eigenvalue weighted by Crippen LogP contribution is 2.52. The van der Waals surface area contributed by atoms with E-state index >= 15 is 0 Å². The molecule has 612 valence electrons. The Morgan fingerprint density at radius 1 is 0.303 bits per heavy atom. The number of anilines is 10. The molecule has 5 aliphatic rings. The number of aryl methyl sites for hydroxylation is 5. The molecule has 18 aromatic rings. The number of rotatable bonds is 8. The van der Waals surface area contributed by atoms with Gasteiger partial charge >= 0.3 is 0 Å². The zero-order valence-electron chi connectivity index (χ0n) is 80.8. The summed E-state index contributed by atoms with van der Waals surface area (Å²) in [4.78, 5) is 50.1. The van der Waals surface area contributed by atoms with Gasteiger partial charge in [-0.15, -0.1) is 0 Å². The molecular formula is C100H97N17O5. The van der Waals surface area contributed by atoms with Gasteiger partial charge < -0.3 is 66.2 Å². The van der Waals surface area contributed by atoms with E-state index in [1.807, 2.05) is 228 Å². The van der Waals surface area contributed by atoms with Crippen molar-refractivity contribution in [3.8, 4) is 0 Å². The van der Waals surface area contributed by atoms with E-state index in [0.717, 1.165) is 155 Å². The molecule has 23 rings (SSSR count). The van der Waals surface area contributed by atoms with Crippen molar-refractivity contribution in [2.75, 3.05) is 48.3 Å². The van der Waals surface area contributed by atoms with E-state index in [1.165, 1.54) is 16.7 Å². The van der Waals surface area contributed by atoms with Crippen molar-refractivity contribution in [2.24, 2.45) is 0 Å². The number of hydrogen-bond acceptors (Lipinski definition) is 22. The zero-order chi connectivity index (χ0) is 93.6. The molecule has 11 aromatic heterocycles. The van der Waals surface area contributed by atoms with Crippen LogP contribution in [0.15, 0.2) is 279 Å². The van der Waals surface area contributed by atoms with Crippen LogP contribution in [0.2, 0.25) is 0 Å². The van der Waals surface area contributed by atoms with Crippen LogP contribution in [0.25, 0.3) is 110 Å². The third-order valence-electron chi connectivity index (χ3n) is 23.8. The minimum atomic E-state index is -2.44. The van der Waals surface area contributed by atoms with Crippen molar-refractivity contribution in [3.05, 3.63) is 284 Å². The Morgan fingerprint density at radius 2 is 0.656 bits per heavy atom. The number of nitrogens with zero attached hydrogens (tertiary/aromatic N) is 17. The molecule has 0 amide bonds. The van der Waals surface area contributed by atoms with Gasteiger partial charge in [0, 0.05) is 178 Å². The average Bonchev–Trinajstić information content (AvgIpc) is 1.56. The van der Waals surface area contributed by atoms with Crippen molar-refractivity contribution in [3.63, 3.8) is 0 Å². The van der Waals surface area contributed by atoms with Gasteiger partial charge in [0.05, 0.1) is 42.6 Å². The standard InChI is InChI=1S/C24H19N5O.C21H19N3O.2C19H21N3O.C17H17N3O/c1-15-10-11-18-19-9-6-12-27-24(19)30-21(18)20(15)29-16(2)28(17-7-4-3-5-8-17)22-23(29)26-14-13-25-22;1-13-10-11-15-16-7-6-12-22-21(16)25-20(15)19(13)24-14(2)23(3)17-8-4-5-9-18(17)24;2*1-12(2)21-10-11-22(14(21)4)17-13(3)7-8-15-16-6-5-9-20-19(16)23-18(15)17;1-11-6-7-13-14-5-4-8-18-17(14)21-16(13)15(11)20-10-9-19(3)12(20)2/h3-14,16H,1-2H3;4-12,14H,1-3H3;2*5-12,14H,1-4H3;4-10,12H,1-3H3/i;3D3;1D3,12D;12D;3D3. The number of hydrogen-bond donors (Lipinski definition) is 0. The van der Waals surface area contributed by atoms with Gasteiger partial charge in [-0.05, 0) is 210 Å². The molecule has 22 heteroatoms. The van der Waals surface area contributed by atoms with Gasteiger partial charge in [0.25, 0.3) is 0 Å². The first-order chi connectivity index (χ1) is 63.5. The van der Waals surface area contributed by atoms with Crippen LogP contribution in [0.1, 0.15) is 105 Å². The lowest BCUT2D eigenvalue weighted by Crippen LogP contribution is -2.39. The van der Waals surface area contributed by atoms with E-state index in [4.69, 9.17) is 42.1 Å². The Balaban J connectivity index is 0.000000107. The summed E-state index contributed by atoms with van der Waals surface area (Å²) in [6.07, 6.45) is 21.9. The van der Waals surface area contributed by atoms with Crippen LogP contribution in [0, 0.1) is 34.6 Å². The molecule has 0 saturated heterocycles. The maximum Gasteiger partial charge on any atom is 0.227 e. The van der Waals surface area contributed by atoms with Gasteiger partial charge in [-0.25, -0.2) is 34.9 Å². The monoisotopic (exact) mass is 1630 g/mol. The topological polar surface area (TPSA) is 188 Å². The fourth-order valence-electron chi connectivity index (χ4n) is 17.7. The molecule has 122 heavy (non-hydrogen) atoms. The Morgan fingerprint density at radius 3 is 1.03 bits per heavy atom. The van der Waals surface area contributed by atoms with Crippen LogP contribution in [0.4, 0.5) is 57.1 Å². The van der Waals surface area contributed by atoms with Crippen molar-refractivity contribution in [1.82, 2.24) is 49.6 Å². The number of fused-ring (bicyclic) bond motifs is 17. The predicted molar refractivity (Wildman–Crippen MR) is 495 cm³/mol. The summed E-state index contributed by atoms with van der Waals surface area (Å²) in [5.41, 5.74) is 19.4. The summed E-state index contributed by atoms with van der Waals surface area (Å²) in [6, 6.07) is 55.6. The molecule has 7 aromatic carbocycles. The maximum absolute atomic E-state index is 8.41. The summed E-state index contributed by atoms with van der Waals surface area (Å²) in [7, 11) is 0. The van der Waals surface area contributed by atoms with Gasteiger partial charge in [-0.2, -0.15) is 0 Å². The molecule has 6 atom stereocenters. The minimum Gasteiger partial charge on any atom is -0.435 e. The Kier molecular flexibility index (Phi) is 16.7. The van der Waals surface area contributed by atoms with Gasteiger partial charge in [-0.1, -0.05) is 91.0 Å². The Labute approximate surface area is 723 Å². The van der Waals surface area contributed by atoms with Crippen molar-refractivity contribution < 1.29 is 37.2 Å². The summed E-state index contributed by atoms with van der Waals surface area (Å²) < 4.78 is 118. The summed E-state index contributed by atoms with van der Waals surface area (Å²) in [5, 5.41) is 9.92. The van der Waals surface area contributed by atoms with E-state index in [-0.39, 0.29) is 24.7 Å². The first-order valence-electron chi connectivity index (χ1n) is 46.2. The van der Waals surface area contributed by atoms with Crippen molar-refractivity contribution in [2.45, 2.75) is 140 Å². The van der Waals surface area contributed by atoms with Crippen LogP contribution in [0.3, 0.4) is 0 Å². The number of para-hydroxylation sites is 3. The van der Waals surface area contributed by atoms with E-state index in [2.05, 4.69) is 114 Å². The summed E-state index contributed by atoms with van der Waals surface area (Å²) >= 11 is 0. The third-order valence-corrected chi connectivity index (χ3v) is 23.8. The molecule has 0 bridgehead atoms. The van der Waals surface area contributed by atoms with E-state index in [9.17, 15) is 0 Å². The SMILES string of the molecule is Cc1ccc2c(oc3ncccc32)c1N1c2nccnc2N(c2ccccc2)C1C.[2H]C(C)(C)N1C=CN(c2c(C)ccc3c2oc2ncccc23)C1C.[2H]C([2H])([2H])C([2H])(C)N1C=CN(c2c(C)ccc3c2oc2ncccc23)C1C.[2H]C([2H])([2H])N1C=CN(c2c(C)ccc3c2oc2ncccc23)C1C.[2H]C([2H])([2H])N1c2ccccc2N(c2c(C)ccc3c2oc2ncccc23)C1C. The molecule has 0 fully saturated rings. The highest BCUT2D eigenvalue weighted by Gasteiger charge is 2.41. The second-order valence-electron chi connectivity index (χ2n) is 31.4. The first-order valence-corrected chi connectivity index (χ1v) is 40.7. The molecule has 16 heterocycles. The highest BCUT2D eigenvalue weighted by atomic mass is 16.4. The minimum absolute atomic E-state index is 0.0322. The molecule has 0 aliphatic carbocycles. The largest absolute Gasteiger partial charge is 0.435 e. The van der Waals surface area contributed by atoms with Crippen LogP contribution < -0.4 is 34.3 Å². The van der Waals surface area contributed by atoms with Crippen molar-refractivity contribution >= 4 is 167 Å². The van der Waals surface area contributed by atoms with E-state index in [1.54, 1.807) is 66.9 Å². The van der Waals surface area contributed by atoms with Gasteiger partial charge in [0.15, 0.2) is 39.6 Å². The number of furan rings is 5. The fourth-order valence-corrected chi connectivity index (χ4v) is 17.7. The Hall–Kier alpha value is -14.4. The lowest BCUT2D eigenvalue weighted by atomic mass is 10.1. The molecular weight excluding hydrogens is 1520 g/mol. The zero-order valence-corrected chi connectivity index (χ0v) is 69.8. The van der Waals surface area contributed by atoms with Crippen LogP contribution >= 0.6 is 0 Å².